The van der Waals surface area contributed by atoms with Crippen molar-refractivity contribution in [3.8, 4) is 5.75 Å². The second-order valence-corrected chi connectivity index (χ2v) is 4.83. The van der Waals surface area contributed by atoms with Crippen molar-refractivity contribution in [1.82, 2.24) is 5.32 Å². The lowest BCUT2D eigenvalue weighted by Gasteiger charge is -2.16. The van der Waals surface area contributed by atoms with Crippen molar-refractivity contribution in [2.75, 3.05) is 6.61 Å². The molecule has 1 aromatic rings. The van der Waals surface area contributed by atoms with Crippen molar-refractivity contribution in [1.29, 1.82) is 0 Å². The summed E-state index contributed by atoms with van der Waals surface area (Å²) in [6.07, 6.45) is 0.334. The number of halogens is 1. The number of benzene rings is 1. The second-order valence-electron chi connectivity index (χ2n) is 4.83. The average molecular weight is 283 g/mol. The first-order chi connectivity index (χ1) is 9.38. The van der Waals surface area contributed by atoms with Crippen LogP contribution >= 0.6 is 0 Å². The smallest absolute Gasteiger partial charge is 0.326 e. The molecule has 20 heavy (non-hydrogen) atoms. The normalized spacial score (nSPS) is 12.0. The Morgan fingerprint density at radius 2 is 2.10 bits per heavy atom. The fourth-order valence-corrected chi connectivity index (χ4v) is 1.63. The van der Waals surface area contributed by atoms with Gasteiger partial charge in [-0.2, -0.15) is 0 Å². The number of carboxylic acid groups (broad SMARTS) is 1. The molecule has 6 heteroatoms. The van der Waals surface area contributed by atoms with Gasteiger partial charge >= 0.3 is 5.97 Å². The molecule has 5 nitrogen and oxygen atoms in total. The molecule has 110 valence electrons. The molecule has 0 aromatic heterocycles. The molecule has 1 aromatic carbocycles. The Bertz CT molecular complexity index is 476. The van der Waals surface area contributed by atoms with Crippen LogP contribution in [0.4, 0.5) is 4.39 Å². The van der Waals surface area contributed by atoms with E-state index in [-0.39, 0.29) is 18.3 Å². The third kappa shape index (κ3) is 5.69. The van der Waals surface area contributed by atoms with Crippen molar-refractivity contribution in [2.24, 2.45) is 5.92 Å². The topological polar surface area (TPSA) is 75.6 Å². The van der Waals surface area contributed by atoms with Crippen LogP contribution in [0.25, 0.3) is 0 Å². The lowest BCUT2D eigenvalue weighted by atomic mass is 10.0. The van der Waals surface area contributed by atoms with Crippen molar-refractivity contribution in [3.63, 3.8) is 0 Å². The quantitative estimate of drug-likeness (QED) is 0.800. The van der Waals surface area contributed by atoms with Gasteiger partial charge in [-0.1, -0.05) is 19.9 Å². The van der Waals surface area contributed by atoms with E-state index >= 15 is 0 Å². The van der Waals surface area contributed by atoms with Crippen LogP contribution in [0.15, 0.2) is 24.3 Å². The molecular formula is C14H18FNO4. The molecule has 0 saturated carbocycles. The fourth-order valence-electron chi connectivity index (χ4n) is 1.63. The molecule has 1 atom stereocenters. The first-order valence-corrected chi connectivity index (χ1v) is 6.29. The Balaban J connectivity index is 2.47. The monoisotopic (exact) mass is 283 g/mol. The Hall–Kier alpha value is -2.11. The van der Waals surface area contributed by atoms with E-state index in [0.29, 0.717) is 6.42 Å². The summed E-state index contributed by atoms with van der Waals surface area (Å²) in [6.45, 7) is 3.38. The minimum atomic E-state index is -1.09. The summed E-state index contributed by atoms with van der Waals surface area (Å²) in [5.41, 5.74) is 0. The standard InChI is InChI=1S/C14H18FNO4/c1-9(2)6-12(14(18)19)16-13(17)8-20-11-5-3-4-10(15)7-11/h3-5,7,9,12H,6,8H2,1-2H3,(H,16,17)(H,18,19)/t12-/m0/s1. The number of aliphatic carboxylic acids is 1. The molecule has 0 aliphatic carbocycles. The average Bonchev–Trinajstić information content (AvgIpc) is 2.35. The Labute approximate surface area is 116 Å². The summed E-state index contributed by atoms with van der Waals surface area (Å²) < 4.78 is 18.0. The van der Waals surface area contributed by atoms with E-state index in [1.165, 1.54) is 18.2 Å². The maximum Gasteiger partial charge on any atom is 0.326 e. The molecule has 2 N–H and O–H groups in total. The van der Waals surface area contributed by atoms with Gasteiger partial charge in [0.25, 0.3) is 5.91 Å². The maximum absolute atomic E-state index is 12.9. The molecular weight excluding hydrogens is 265 g/mol. The number of carbonyl (C=O) groups is 2. The fraction of sp³-hybridized carbons (Fsp3) is 0.429. The number of ether oxygens (including phenoxy) is 1. The van der Waals surface area contributed by atoms with Gasteiger partial charge in [0.15, 0.2) is 6.61 Å². The van der Waals surface area contributed by atoms with E-state index < -0.39 is 23.7 Å². The van der Waals surface area contributed by atoms with E-state index in [2.05, 4.69) is 5.32 Å². The van der Waals surface area contributed by atoms with Crippen LogP contribution in [0.3, 0.4) is 0 Å². The third-order valence-corrected chi connectivity index (χ3v) is 2.51. The molecule has 1 amide bonds. The summed E-state index contributed by atoms with van der Waals surface area (Å²) in [5.74, 6) is -1.75. The summed E-state index contributed by atoms with van der Waals surface area (Å²) in [7, 11) is 0. The molecule has 0 aliphatic heterocycles. The first-order valence-electron chi connectivity index (χ1n) is 6.29. The van der Waals surface area contributed by atoms with Gasteiger partial charge in [0.2, 0.25) is 0 Å². The zero-order chi connectivity index (χ0) is 15.1. The number of hydrogen-bond acceptors (Lipinski definition) is 3. The van der Waals surface area contributed by atoms with Gasteiger partial charge in [-0.3, -0.25) is 4.79 Å². The second kappa shape index (κ2) is 7.47. The zero-order valence-electron chi connectivity index (χ0n) is 11.4. The zero-order valence-corrected chi connectivity index (χ0v) is 11.4. The lowest BCUT2D eigenvalue weighted by molar-refractivity contribution is -0.142. The molecule has 0 aliphatic rings. The number of carboxylic acids is 1. The molecule has 0 radical (unpaired) electrons. The van der Waals surface area contributed by atoms with E-state index in [9.17, 15) is 14.0 Å². The molecule has 1 rings (SSSR count). The summed E-state index contributed by atoms with van der Waals surface area (Å²) >= 11 is 0. The molecule has 0 spiro atoms. The Kier molecular flexibility index (Phi) is 5.96. The van der Waals surface area contributed by atoms with Gasteiger partial charge in [0.05, 0.1) is 0 Å². The van der Waals surface area contributed by atoms with Gasteiger partial charge in [-0.15, -0.1) is 0 Å². The number of rotatable bonds is 7. The molecule has 0 saturated heterocycles. The highest BCUT2D eigenvalue weighted by molar-refractivity contribution is 5.84. The van der Waals surface area contributed by atoms with E-state index in [1.807, 2.05) is 13.8 Å². The highest BCUT2D eigenvalue weighted by Crippen LogP contribution is 2.11. The predicted molar refractivity (Wildman–Crippen MR) is 70.9 cm³/mol. The Morgan fingerprint density at radius 1 is 1.40 bits per heavy atom. The first kappa shape index (κ1) is 15.9. The van der Waals surface area contributed by atoms with Crippen LogP contribution in [-0.4, -0.2) is 29.6 Å². The number of nitrogens with one attached hydrogen (secondary N) is 1. The molecule has 0 fully saturated rings. The third-order valence-electron chi connectivity index (χ3n) is 2.51. The minimum absolute atomic E-state index is 0.139. The van der Waals surface area contributed by atoms with Crippen LogP contribution in [0.1, 0.15) is 20.3 Å². The lowest BCUT2D eigenvalue weighted by Crippen LogP contribution is -2.43. The number of carbonyl (C=O) groups excluding carboxylic acids is 1. The molecule has 0 heterocycles. The van der Waals surface area contributed by atoms with Gasteiger partial charge in [0, 0.05) is 6.07 Å². The highest BCUT2D eigenvalue weighted by atomic mass is 19.1. The van der Waals surface area contributed by atoms with E-state index in [4.69, 9.17) is 9.84 Å². The van der Waals surface area contributed by atoms with Crippen LogP contribution in [0, 0.1) is 11.7 Å². The Morgan fingerprint density at radius 3 is 2.65 bits per heavy atom. The van der Waals surface area contributed by atoms with Gasteiger partial charge in [0.1, 0.15) is 17.6 Å². The van der Waals surface area contributed by atoms with E-state index in [0.717, 1.165) is 6.07 Å². The minimum Gasteiger partial charge on any atom is -0.484 e. The van der Waals surface area contributed by atoms with Crippen molar-refractivity contribution < 1.29 is 23.8 Å². The SMILES string of the molecule is CC(C)C[C@H](NC(=O)COc1cccc(F)c1)C(=O)O. The van der Waals surface area contributed by atoms with Crippen molar-refractivity contribution >= 4 is 11.9 Å². The van der Waals surface area contributed by atoms with Gasteiger partial charge < -0.3 is 15.2 Å². The van der Waals surface area contributed by atoms with Crippen molar-refractivity contribution in [2.45, 2.75) is 26.3 Å². The van der Waals surface area contributed by atoms with Crippen LogP contribution < -0.4 is 10.1 Å². The highest BCUT2D eigenvalue weighted by Gasteiger charge is 2.21. The number of hydrogen-bond donors (Lipinski definition) is 2. The van der Waals surface area contributed by atoms with E-state index in [1.54, 1.807) is 0 Å². The predicted octanol–water partition coefficient (Wildman–Crippen LogP) is 1.82. The summed E-state index contributed by atoms with van der Waals surface area (Å²) in [4.78, 5) is 22.6. The summed E-state index contributed by atoms with van der Waals surface area (Å²) in [5, 5.41) is 11.4. The van der Waals surface area contributed by atoms with Crippen molar-refractivity contribution in [3.05, 3.63) is 30.1 Å². The van der Waals surface area contributed by atoms with Gasteiger partial charge in [-0.25, -0.2) is 9.18 Å². The van der Waals surface area contributed by atoms with Crippen LogP contribution in [0.2, 0.25) is 0 Å². The maximum atomic E-state index is 12.9. The molecule has 0 bridgehead atoms. The summed E-state index contributed by atoms with van der Waals surface area (Å²) in [6, 6.07) is 4.44. The van der Waals surface area contributed by atoms with Crippen LogP contribution in [-0.2, 0) is 9.59 Å². The van der Waals surface area contributed by atoms with Gasteiger partial charge in [-0.05, 0) is 24.5 Å². The molecule has 0 unspecified atom stereocenters. The van der Waals surface area contributed by atoms with Crippen LogP contribution in [0.5, 0.6) is 5.75 Å². The number of amides is 1. The largest absolute Gasteiger partial charge is 0.484 e.